The van der Waals surface area contributed by atoms with Crippen molar-refractivity contribution >= 4 is 11.6 Å². The minimum absolute atomic E-state index is 0.0167. The summed E-state index contributed by atoms with van der Waals surface area (Å²) in [7, 11) is 0. The number of carbonyl (C=O) groups excluding carboxylic acids is 1. The van der Waals surface area contributed by atoms with Gasteiger partial charge in [-0.3, -0.25) is 9.89 Å². The van der Waals surface area contributed by atoms with Crippen molar-refractivity contribution in [1.29, 1.82) is 0 Å². The van der Waals surface area contributed by atoms with Gasteiger partial charge in [0.25, 0.3) is 5.91 Å². The molecule has 0 bridgehead atoms. The molecular weight excluding hydrogens is 402 g/mol. The van der Waals surface area contributed by atoms with Crippen LogP contribution in [0.4, 0.5) is 5.69 Å². The first kappa shape index (κ1) is 20.0. The molecule has 4 heterocycles. The van der Waals surface area contributed by atoms with Crippen LogP contribution in [0, 0.1) is 13.8 Å². The molecule has 1 aliphatic rings. The Kier molecular flexibility index (Phi) is 5.18. The van der Waals surface area contributed by atoms with Crippen molar-refractivity contribution in [1.82, 2.24) is 29.9 Å². The van der Waals surface area contributed by atoms with Gasteiger partial charge in [-0.05, 0) is 32.0 Å². The molecule has 1 fully saturated rings. The van der Waals surface area contributed by atoms with Crippen molar-refractivity contribution in [2.45, 2.75) is 13.8 Å². The second-order valence-corrected chi connectivity index (χ2v) is 7.93. The number of aryl methyl sites for hydroxylation is 1. The van der Waals surface area contributed by atoms with Crippen LogP contribution in [0.1, 0.15) is 21.9 Å². The molecule has 1 amide bonds. The van der Waals surface area contributed by atoms with E-state index < -0.39 is 0 Å². The van der Waals surface area contributed by atoms with Gasteiger partial charge < -0.3 is 9.80 Å². The molecule has 0 atom stereocenters. The van der Waals surface area contributed by atoms with Crippen LogP contribution in [0.5, 0.6) is 0 Å². The molecule has 162 valence electrons. The van der Waals surface area contributed by atoms with E-state index in [9.17, 15) is 4.79 Å². The Labute approximate surface area is 186 Å². The highest BCUT2D eigenvalue weighted by Crippen LogP contribution is 2.27. The molecule has 4 aromatic rings. The fourth-order valence-electron chi connectivity index (χ4n) is 4.29. The first-order valence-corrected chi connectivity index (χ1v) is 10.7. The summed E-state index contributed by atoms with van der Waals surface area (Å²) in [4.78, 5) is 21.6. The molecular formula is C24H25N7O. The molecule has 3 aromatic heterocycles. The molecule has 0 aliphatic carbocycles. The second-order valence-electron chi connectivity index (χ2n) is 7.93. The summed E-state index contributed by atoms with van der Waals surface area (Å²) in [5, 5.41) is 11.9. The van der Waals surface area contributed by atoms with Crippen LogP contribution in [0.2, 0.25) is 0 Å². The number of hydrogen-bond acceptors (Lipinski definition) is 5. The zero-order valence-electron chi connectivity index (χ0n) is 18.2. The fourth-order valence-corrected chi connectivity index (χ4v) is 4.29. The highest BCUT2D eigenvalue weighted by atomic mass is 16.2. The average Bonchev–Trinajstić information content (AvgIpc) is 3.45. The molecule has 0 saturated carbocycles. The molecule has 32 heavy (non-hydrogen) atoms. The van der Waals surface area contributed by atoms with Gasteiger partial charge in [-0.2, -0.15) is 10.2 Å². The van der Waals surface area contributed by atoms with Gasteiger partial charge in [0.1, 0.15) is 5.69 Å². The normalized spacial score (nSPS) is 14.1. The second kappa shape index (κ2) is 8.30. The number of aromatic amines is 1. The average molecular weight is 428 g/mol. The summed E-state index contributed by atoms with van der Waals surface area (Å²) in [6.45, 7) is 6.88. The van der Waals surface area contributed by atoms with E-state index >= 15 is 0 Å². The lowest BCUT2D eigenvalue weighted by atomic mass is 10.1. The molecule has 0 unspecified atom stereocenters. The van der Waals surface area contributed by atoms with Crippen LogP contribution in [0.25, 0.3) is 17.1 Å². The summed E-state index contributed by atoms with van der Waals surface area (Å²) in [5.41, 5.74) is 5.43. The molecule has 0 radical (unpaired) electrons. The number of rotatable bonds is 4. The lowest BCUT2D eigenvalue weighted by molar-refractivity contribution is 0.0741. The minimum Gasteiger partial charge on any atom is -0.365 e. The van der Waals surface area contributed by atoms with Gasteiger partial charge in [-0.1, -0.05) is 36.4 Å². The SMILES string of the molecule is Cc1nn(-c2ccccn2)c(C)c1N1CCN(C(=O)c2cc(-c3ccccc3)n[nH]2)CC1. The topological polar surface area (TPSA) is 82.9 Å². The Morgan fingerprint density at radius 3 is 2.44 bits per heavy atom. The molecule has 1 N–H and O–H groups in total. The van der Waals surface area contributed by atoms with E-state index in [1.165, 1.54) is 0 Å². The number of nitrogens with zero attached hydrogens (tertiary/aromatic N) is 6. The highest BCUT2D eigenvalue weighted by Gasteiger charge is 2.27. The summed E-state index contributed by atoms with van der Waals surface area (Å²) in [5.74, 6) is 0.790. The van der Waals surface area contributed by atoms with Crippen molar-refractivity contribution < 1.29 is 4.79 Å². The summed E-state index contributed by atoms with van der Waals surface area (Å²) in [6, 6.07) is 17.5. The van der Waals surface area contributed by atoms with E-state index in [0.29, 0.717) is 18.8 Å². The van der Waals surface area contributed by atoms with Gasteiger partial charge in [0.2, 0.25) is 0 Å². The number of amides is 1. The quantitative estimate of drug-likeness (QED) is 0.541. The lowest BCUT2D eigenvalue weighted by Crippen LogP contribution is -2.49. The van der Waals surface area contributed by atoms with Crippen LogP contribution in [0.3, 0.4) is 0 Å². The molecule has 1 saturated heterocycles. The molecule has 0 spiro atoms. The third kappa shape index (κ3) is 3.64. The van der Waals surface area contributed by atoms with Crippen molar-refractivity contribution in [3.8, 4) is 17.1 Å². The number of benzene rings is 1. The van der Waals surface area contributed by atoms with Gasteiger partial charge in [-0.25, -0.2) is 9.67 Å². The zero-order valence-corrected chi connectivity index (χ0v) is 18.2. The number of anilines is 1. The summed E-state index contributed by atoms with van der Waals surface area (Å²) in [6.07, 6.45) is 1.77. The monoisotopic (exact) mass is 427 g/mol. The standard InChI is InChI=1S/C24H25N7O/c1-17-23(18(2)31(28-17)22-10-6-7-11-25-22)29-12-14-30(15-13-29)24(32)21-16-20(26-27-21)19-8-4-3-5-9-19/h3-11,16H,12-15H2,1-2H3,(H,26,27). The van der Waals surface area contributed by atoms with E-state index in [0.717, 1.165) is 47.2 Å². The Morgan fingerprint density at radius 2 is 1.72 bits per heavy atom. The number of piperazine rings is 1. The third-order valence-electron chi connectivity index (χ3n) is 5.88. The number of aromatic nitrogens is 5. The molecule has 5 rings (SSSR count). The van der Waals surface area contributed by atoms with Crippen molar-refractivity contribution in [2.75, 3.05) is 31.1 Å². The molecule has 8 nitrogen and oxygen atoms in total. The summed E-state index contributed by atoms with van der Waals surface area (Å²) < 4.78 is 1.89. The van der Waals surface area contributed by atoms with Crippen molar-refractivity contribution in [2.24, 2.45) is 0 Å². The van der Waals surface area contributed by atoms with Crippen LogP contribution >= 0.6 is 0 Å². The smallest absolute Gasteiger partial charge is 0.272 e. The van der Waals surface area contributed by atoms with E-state index in [2.05, 4.69) is 27.0 Å². The van der Waals surface area contributed by atoms with E-state index in [1.54, 1.807) is 6.20 Å². The minimum atomic E-state index is -0.0167. The Morgan fingerprint density at radius 1 is 0.969 bits per heavy atom. The number of hydrogen-bond donors (Lipinski definition) is 1. The highest BCUT2D eigenvalue weighted by molar-refractivity contribution is 5.93. The Hall–Kier alpha value is -3.94. The van der Waals surface area contributed by atoms with Gasteiger partial charge in [0.05, 0.1) is 22.8 Å². The number of H-pyrrole nitrogens is 1. The number of nitrogens with one attached hydrogen (secondary N) is 1. The predicted molar refractivity (Wildman–Crippen MR) is 123 cm³/mol. The maximum atomic E-state index is 13.0. The maximum absolute atomic E-state index is 13.0. The molecule has 1 aromatic carbocycles. The number of pyridine rings is 1. The van der Waals surface area contributed by atoms with E-state index in [-0.39, 0.29) is 5.91 Å². The zero-order chi connectivity index (χ0) is 22.1. The van der Waals surface area contributed by atoms with Crippen molar-refractivity contribution in [3.05, 3.63) is 77.9 Å². The van der Waals surface area contributed by atoms with E-state index in [4.69, 9.17) is 5.10 Å². The Balaban J connectivity index is 1.28. The van der Waals surface area contributed by atoms with Crippen LogP contribution < -0.4 is 4.90 Å². The molecule has 1 aliphatic heterocycles. The summed E-state index contributed by atoms with van der Waals surface area (Å²) >= 11 is 0. The maximum Gasteiger partial charge on any atom is 0.272 e. The predicted octanol–water partition coefficient (Wildman–Crippen LogP) is 3.24. The van der Waals surface area contributed by atoms with Gasteiger partial charge >= 0.3 is 0 Å². The van der Waals surface area contributed by atoms with Crippen LogP contribution in [-0.4, -0.2) is 61.9 Å². The fraction of sp³-hybridized carbons (Fsp3) is 0.250. The van der Waals surface area contributed by atoms with Crippen LogP contribution in [0.15, 0.2) is 60.8 Å². The van der Waals surface area contributed by atoms with Gasteiger partial charge in [-0.15, -0.1) is 0 Å². The number of carbonyl (C=O) groups is 1. The first-order valence-electron chi connectivity index (χ1n) is 10.7. The van der Waals surface area contributed by atoms with Gasteiger partial charge in [0.15, 0.2) is 5.82 Å². The molecule has 8 heteroatoms. The van der Waals surface area contributed by atoms with Gasteiger partial charge in [0, 0.05) is 37.9 Å². The van der Waals surface area contributed by atoms with E-state index in [1.807, 2.05) is 71.1 Å². The third-order valence-corrected chi connectivity index (χ3v) is 5.88. The largest absolute Gasteiger partial charge is 0.365 e. The lowest BCUT2D eigenvalue weighted by Gasteiger charge is -2.36. The first-order chi connectivity index (χ1) is 15.6. The van der Waals surface area contributed by atoms with Crippen molar-refractivity contribution in [3.63, 3.8) is 0 Å². The Bertz CT molecular complexity index is 1220. The van der Waals surface area contributed by atoms with Crippen LogP contribution in [-0.2, 0) is 0 Å².